The van der Waals surface area contributed by atoms with Gasteiger partial charge in [0.25, 0.3) is 5.52 Å². The summed E-state index contributed by atoms with van der Waals surface area (Å²) >= 11 is 0. The molecule has 0 unspecified atom stereocenters. The molecule has 19 heavy (non-hydrogen) atoms. The van der Waals surface area contributed by atoms with Crippen molar-refractivity contribution in [2.24, 2.45) is 0 Å². The molecule has 0 N–H and O–H groups in total. The molecule has 2 nitrogen and oxygen atoms in total. The number of nitrogens with zero attached hydrogens (tertiary/aromatic N) is 1. The maximum absolute atomic E-state index is 6.03. The summed E-state index contributed by atoms with van der Waals surface area (Å²) in [5, 5.41) is 2.34. The van der Waals surface area contributed by atoms with Gasteiger partial charge in [-0.05, 0) is 11.5 Å². The second kappa shape index (κ2) is 3.95. The summed E-state index contributed by atoms with van der Waals surface area (Å²) < 4.78 is 8.10. The standard InChI is InChI=1S/C17H12NO/c1-2-6-12-18-15-11-10-13-7-4-5-8-14(13)17(15)19-16(18)9-3-1/h1-12H/q+1/b2-1-,3-1?,6-2?,9-3-,12-6-,16-9?,18-12?. The van der Waals surface area contributed by atoms with E-state index in [1.807, 2.05) is 48.7 Å². The number of benzene rings is 2. The number of oxazole rings is 1. The van der Waals surface area contributed by atoms with E-state index in [1.165, 1.54) is 5.39 Å². The first-order valence-corrected chi connectivity index (χ1v) is 6.31. The van der Waals surface area contributed by atoms with E-state index in [9.17, 15) is 0 Å². The zero-order chi connectivity index (χ0) is 12.7. The Morgan fingerprint density at radius 2 is 1.74 bits per heavy atom. The van der Waals surface area contributed by atoms with Gasteiger partial charge in [-0.25, -0.2) is 0 Å². The van der Waals surface area contributed by atoms with Crippen LogP contribution in [0, 0.1) is 0 Å². The van der Waals surface area contributed by atoms with Gasteiger partial charge in [0.2, 0.25) is 5.58 Å². The molecule has 90 valence electrons. The summed E-state index contributed by atoms with van der Waals surface area (Å²) in [6.45, 7) is 0. The van der Waals surface area contributed by atoms with Crippen molar-refractivity contribution in [1.29, 1.82) is 0 Å². The molecule has 2 heteroatoms. The monoisotopic (exact) mass is 246 g/mol. The Balaban J connectivity index is 2.16. The molecule has 1 aromatic heterocycles. The number of aromatic nitrogens is 1. The van der Waals surface area contributed by atoms with Gasteiger partial charge in [0.1, 0.15) is 0 Å². The summed E-state index contributed by atoms with van der Waals surface area (Å²) in [5.41, 5.74) is 2.02. The Kier molecular flexibility index (Phi) is 2.15. The van der Waals surface area contributed by atoms with Crippen LogP contribution in [-0.2, 0) is 0 Å². The zero-order valence-corrected chi connectivity index (χ0v) is 10.3. The summed E-state index contributed by atoms with van der Waals surface area (Å²) in [5.74, 6) is 0.840. The fraction of sp³-hybridized carbons (Fsp3) is 0. The molecular weight excluding hydrogens is 234 g/mol. The third-order valence-electron chi connectivity index (χ3n) is 3.37. The highest BCUT2D eigenvalue weighted by molar-refractivity contribution is 6.02. The SMILES string of the molecule is C1=C\C=C/[n+]2c(oc3c4ccccc4ccc32)\C=C/1. The van der Waals surface area contributed by atoms with Gasteiger partial charge in [0, 0.05) is 17.5 Å². The Hall–Kier alpha value is -2.61. The maximum atomic E-state index is 6.03. The largest absolute Gasteiger partial charge is 0.397 e. The van der Waals surface area contributed by atoms with Crippen LogP contribution in [0.2, 0.25) is 0 Å². The van der Waals surface area contributed by atoms with Crippen molar-refractivity contribution >= 4 is 34.1 Å². The summed E-state index contributed by atoms with van der Waals surface area (Å²) in [7, 11) is 0. The Bertz CT molecular complexity index is 865. The maximum Gasteiger partial charge on any atom is 0.379 e. The van der Waals surface area contributed by atoms with Crippen molar-refractivity contribution in [3.63, 3.8) is 0 Å². The van der Waals surface area contributed by atoms with Crippen molar-refractivity contribution in [1.82, 2.24) is 0 Å². The highest BCUT2D eigenvalue weighted by Gasteiger charge is 2.20. The third kappa shape index (κ3) is 1.54. The molecule has 0 fully saturated rings. The minimum atomic E-state index is 0.840. The second-order valence-corrected chi connectivity index (χ2v) is 4.53. The molecule has 0 saturated carbocycles. The molecule has 0 aliphatic carbocycles. The van der Waals surface area contributed by atoms with Crippen molar-refractivity contribution < 1.29 is 8.98 Å². The lowest BCUT2D eigenvalue weighted by atomic mass is 10.1. The predicted molar refractivity (Wildman–Crippen MR) is 77.4 cm³/mol. The van der Waals surface area contributed by atoms with Crippen LogP contribution in [0.1, 0.15) is 5.89 Å². The molecule has 0 bridgehead atoms. The van der Waals surface area contributed by atoms with E-state index in [-0.39, 0.29) is 0 Å². The zero-order valence-electron chi connectivity index (χ0n) is 10.3. The lowest BCUT2D eigenvalue weighted by Gasteiger charge is -1.94. The summed E-state index contributed by atoms with van der Waals surface area (Å²) in [6.07, 6.45) is 12.0. The molecule has 4 rings (SSSR count). The van der Waals surface area contributed by atoms with Gasteiger partial charge >= 0.3 is 5.89 Å². The lowest BCUT2D eigenvalue weighted by Crippen LogP contribution is -2.27. The first-order chi connectivity index (χ1) is 9.43. The molecule has 0 atom stereocenters. The van der Waals surface area contributed by atoms with Crippen molar-refractivity contribution in [2.75, 3.05) is 0 Å². The molecule has 0 spiro atoms. The van der Waals surface area contributed by atoms with E-state index >= 15 is 0 Å². The molecule has 0 amide bonds. The first-order valence-electron chi connectivity index (χ1n) is 6.31. The van der Waals surface area contributed by atoms with Crippen LogP contribution < -0.4 is 4.57 Å². The number of rotatable bonds is 0. The van der Waals surface area contributed by atoms with Gasteiger partial charge in [-0.2, -0.15) is 0 Å². The second-order valence-electron chi connectivity index (χ2n) is 4.53. The first kappa shape index (κ1) is 10.3. The van der Waals surface area contributed by atoms with Crippen LogP contribution in [-0.4, -0.2) is 0 Å². The fourth-order valence-electron chi connectivity index (χ4n) is 2.47. The predicted octanol–water partition coefficient (Wildman–Crippen LogP) is 3.93. The summed E-state index contributed by atoms with van der Waals surface area (Å²) in [4.78, 5) is 0. The van der Waals surface area contributed by atoms with E-state index in [2.05, 4.69) is 28.8 Å². The van der Waals surface area contributed by atoms with E-state index in [0.29, 0.717) is 0 Å². The quantitative estimate of drug-likeness (QED) is 0.549. The Labute approximate surface area is 110 Å². The Morgan fingerprint density at radius 1 is 0.842 bits per heavy atom. The molecule has 2 aromatic carbocycles. The van der Waals surface area contributed by atoms with Gasteiger partial charge in [0.15, 0.2) is 6.20 Å². The van der Waals surface area contributed by atoms with Gasteiger partial charge in [-0.3, -0.25) is 0 Å². The minimum Gasteiger partial charge on any atom is -0.397 e. The van der Waals surface area contributed by atoms with Gasteiger partial charge in [-0.1, -0.05) is 42.5 Å². The minimum absolute atomic E-state index is 0.840. The highest BCUT2D eigenvalue weighted by Crippen LogP contribution is 2.25. The number of hydrogen-bond acceptors (Lipinski definition) is 1. The van der Waals surface area contributed by atoms with Crippen LogP contribution in [0.5, 0.6) is 0 Å². The third-order valence-corrected chi connectivity index (χ3v) is 3.37. The van der Waals surface area contributed by atoms with E-state index in [4.69, 9.17) is 4.42 Å². The van der Waals surface area contributed by atoms with Crippen molar-refractivity contribution in [3.05, 3.63) is 66.6 Å². The molecule has 0 saturated heterocycles. The van der Waals surface area contributed by atoms with Gasteiger partial charge in [-0.15, -0.1) is 4.57 Å². The summed E-state index contributed by atoms with van der Waals surface area (Å²) in [6, 6.07) is 12.5. The van der Waals surface area contributed by atoms with E-state index in [0.717, 1.165) is 22.4 Å². The molecular formula is C17H12NO+. The normalized spacial score (nSPS) is 18.7. The molecule has 3 aromatic rings. The Morgan fingerprint density at radius 3 is 2.74 bits per heavy atom. The van der Waals surface area contributed by atoms with E-state index < -0.39 is 0 Å². The number of fused-ring (bicyclic) bond motifs is 5. The average Bonchev–Trinajstić information content (AvgIpc) is 2.76. The molecule has 2 heterocycles. The van der Waals surface area contributed by atoms with E-state index in [1.54, 1.807) is 0 Å². The average molecular weight is 246 g/mol. The fourth-order valence-corrected chi connectivity index (χ4v) is 2.47. The molecule has 1 aliphatic rings. The topological polar surface area (TPSA) is 17.0 Å². The van der Waals surface area contributed by atoms with Crippen LogP contribution in [0.3, 0.4) is 0 Å². The lowest BCUT2D eigenvalue weighted by molar-refractivity contribution is -0.547. The van der Waals surface area contributed by atoms with Crippen LogP contribution >= 0.6 is 0 Å². The van der Waals surface area contributed by atoms with Crippen molar-refractivity contribution in [2.45, 2.75) is 0 Å². The number of hydrogen-bond donors (Lipinski definition) is 0. The number of allylic oxidation sites excluding steroid dienone is 4. The molecule has 0 radical (unpaired) electrons. The molecule has 1 aliphatic heterocycles. The van der Waals surface area contributed by atoms with Gasteiger partial charge < -0.3 is 4.42 Å². The van der Waals surface area contributed by atoms with Crippen LogP contribution in [0.4, 0.5) is 0 Å². The highest BCUT2D eigenvalue weighted by atomic mass is 16.4. The van der Waals surface area contributed by atoms with Gasteiger partial charge in [0.05, 0.1) is 6.08 Å². The van der Waals surface area contributed by atoms with Crippen molar-refractivity contribution in [3.8, 4) is 0 Å². The van der Waals surface area contributed by atoms with Crippen LogP contribution in [0.25, 0.3) is 34.1 Å². The van der Waals surface area contributed by atoms with Crippen LogP contribution in [0.15, 0.2) is 65.1 Å². The smallest absolute Gasteiger partial charge is 0.379 e.